The number of amides is 1. The van der Waals surface area contributed by atoms with Gasteiger partial charge < -0.3 is 10.1 Å². The lowest BCUT2D eigenvalue weighted by Crippen LogP contribution is -2.31. The normalized spacial score (nSPS) is 13.5. The molecule has 0 bridgehead atoms. The van der Waals surface area contributed by atoms with Crippen molar-refractivity contribution in [3.05, 3.63) is 24.5 Å². The Hall–Kier alpha value is -2.42. The minimum Gasteiger partial charge on any atom is -0.468 e. The summed E-state index contributed by atoms with van der Waals surface area (Å²) in [6, 6.07) is 4.16. The number of carbonyl (C=O) groups is 2. The fourth-order valence-electron chi connectivity index (χ4n) is 2.15. The summed E-state index contributed by atoms with van der Waals surface area (Å²) < 4.78 is 6.55. The summed E-state index contributed by atoms with van der Waals surface area (Å²) in [5.41, 5.74) is 0.902. The van der Waals surface area contributed by atoms with Gasteiger partial charge in [0.25, 0.3) is 0 Å². The highest BCUT2D eigenvalue weighted by Crippen LogP contribution is 2.40. The maximum absolute atomic E-state index is 11.8. The van der Waals surface area contributed by atoms with Crippen molar-refractivity contribution in [2.45, 2.75) is 24.0 Å². The monoisotopic (exact) mass is 347 g/mol. The van der Waals surface area contributed by atoms with E-state index in [1.165, 1.54) is 18.9 Å². The summed E-state index contributed by atoms with van der Waals surface area (Å²) >= 11 is 1.30. The Morgan fingerprint density at radius 3 is 2.92 bits per heavy atom. The molecule has 1 amide bonds. The van der Waals surface area contributed by atoms with Gasteiger partial charge in [0, 0.05) is 24.0 Å². The predicted molar refractivity (Wildman–Crippen MR) is 87.3 cm³/mol. The van der Waals surface area contributed by atoms with E-state index in [1.807, 2.05) is 12.1 Å². The van der Waals surface area contributed by atoms with E-state index in [2.05, 4.69) is 29.8 Å². The molecule has 0 unspecified atom stereocenters. The lowest BCUT2D eigenvalue weighted by atomic mass is 10.3. The Kier molecular flexibility index (Phi) is 5.09. The fourth-order valence-corrected chi connectivity index (χ4v) is 2.99. The predicted octanol–water partition coefficient (Wildman–Crippen LogP) is 1.06. The van der Waals surface area contributed by atoms with Gasteiger partial charge in [-0.15, -0.1) is 10.2 Å². The van der Waals surface area contributed by atoms with Crippen LogP contribution in [-0.4, -0.2) is 51.0 Å². The first-order valence-corrected chi connectivity index (χ1v) is 8.49. The van der Waals surface area contributed by atoms with Crippen LogP contribution in [0.25, 0.3) is 11.4 Å². The number of aromatic nitrogens is 4. The average Bonchev–Trinajstić information content (AvgIpc) is 3.37. The molecular weight excluding hydrogens is 330 g/mol. The van der Waals surface area contributed by atoms with Gasteiger partial charge in [-0.3, -0.25) is 19.1 Å². The summed E-state index contributed by atoms with van der Waals surface area (Å²) in [4.78, 5) is 26.9. The number of thioether (sulfide) groups is 1. The molecule has 0 saturated heterocycles. The highest BCUT2D eigenvalue weighted by molar-refractivity contribution is 7.99. The van der Waals surface area contributed by atoms with Crippen molar-refractivity contribution in [2.75, 3.05) is 19.4 Å². The van der Waals surface area contributed by atoms with Crippen molar-refractivity contribution >= 4 is 23.6 Å². The van der Waals surface area contributed by atoms with Gasteiger partial charge in [-0.2, -0.15) is 0 Å². The Morgan fingerprint density at radius 1 is 1.42 bits per heavy atom. The Balaban J connectivity index is 1.67. The van der Waals surface area contributed by atoms with Crippen molar-refractivity contribution in [1.29, 1.82) is 0 Å². The lowest BCUT2D eigenvalue weighted by molar-refractivity contribution is -0.140. The number of nitrogens with zero attached hydrogens (tertiary/aromatic N) is 4. The number of ether oxygens (including phenoxy) is 1. The van der Waals surface area contributed by atoms with Crippen molar-refractivity contribution in [3.63, 3.8) is 0 Å². The maximum Gasteiger partial charge on any atom is 0.325 e. The molecule has 0 aromatic carbocycles. The molecule has 0 radical (unpaired) electrons. The quantitative estimate of drug-likeness (QED) is 0.590. The van der Waals surface area contributed by atoms with E-state index in [9.17, 15) is 9.59 Å². The molecule has 0 spiro atoms. The van der Waals surface area contributed by atoms with Crippen LogP contribution >= 0.6 is 11.8 Å². The molecule has 2 aromatic rings. The standard InChI is InChI=1S/C15H17N5O3S/c1-23-13(22)8-17-12(21)9-24-15-19-18-14(20(15)11-4-5-11)10-3-2-6-16-7-10/h2-3,6-7,11H,4-5,8-9H2,1H3,(H,17,21). The number of rotatable bonds is 7. The molecule has 1 fully saturated rings. The van der Waals surface area contributed by atoms with Gasteiger partial charge in [-0.25, -0.2) is 0 Å². The zero-order valence-corrected chi connectivity index (χ0v) is 14.0. The number of esters is 1. The minimum atomic E-state index is -0.478. The third kappa shape index (κ3) is 3.91. The molecule has 1 N–H and O–H groups in total. The van der Waals surface area contributed by atoms with Crippen LogP contribution in [0.4, 0.5) is 0 Å². The number of methoxy groups -OCH3 is 1. The molecule has 0 atom stereocenters. The highest BCUT2D eigenvalue weighted by atomic mass is 32.2. The molecule has 126 valence electrons. The molecule has 1 aliphatic rings. The van der Waals surface area contributed by atoms with Crippen LogP contribution < -0.4 is 5.32 Å². The molecule has 8 nitrogen and oxygen atoms in total. The SMILES string of the molecule is COC(=O)CNC(=O)CSc1nnc(-c2cccnc2)n1C1CC1. The summed E-state index contributed by atoms with van der Waals surface area (Å²) in [7, 11) is 1.28. The van der Waals surface area contributed by atoms with Crippen molar-refractivity contribution in [2.24, 2.45) is 0 Å². The fraction of sp³-hybridized carbons (Fsp3) is 0.400. The third-order valence-corrected chi connectivity index (χ3v) is 4.43. The minimum absolute atomic E-state index is 0.133. The van der Waals surface area contributed by atoms with Crippen LogP contribution in [0.1, 0.15) is 18.9 Å². The average molecular weight is 347 g/mol. The zero-order valence-electron chi connectivity index (χ0n) is 13.1. The summed E-state index contributed by atoms with van der Waals surface area (Å²) in [5.74, 6) is 0.199. The van der Waals surface area contributed by atoms with Crippen molar-refractivity contribution < 1.29 is 14.3 Å². The van der Waals surface area contributed by atoms with Crippen molar-refractivity contribution in [1.82, 2.24) is 25.1 Å². The highest BCUT2D eigenvalue weighted by Gasteiger charge is 2.30. The smallest absolute Gasteiger partial charge is 0.325 e. The van der Waals surface area contributed by atoms with Crippen LogP contribution in [0.15, 0.2) is 29.7 Å². The number of hydrogen-bond acceptors (Lipinski definition) is 7. The van der Waals surface area contributed by atoms with Crippen LogP contribution in [0.2, 0.25) is 0 Å². The maximum atomic E-state index is 11.8. The van der Waals surface area contributed by atoms with Gasteiger partial charge in [0.2, 0.25) is 5.91 Å². The molecule has 9 heteroatoms. The molecular formula is C15H17N5O3S. The first-order valence-electron chi connectivity index (χ1n) is 7.50. The van der Waals surface area contributed by atoms with E-state index in [0.29, 0.717) is 11.2 Å². The summed E-state index contributed by atoms with van der Waals surface area (Å²) in [6.07, 6.45) is 5.61. The number of pyridine rings is 1. The van der Waals surface area contributed by atoms with Gasteiger partial charge in [0.15, 0.2) is 11.0 Å². The summed E-state index contributed by atoms with van der Waals surface area (Å²) in [5, 5.41) is 11.7. The van der Waals surface area contributed by atoms with Crippen molar-refractivity contribution in [3.8, 4) is 11.4 Å². The van der Waals surface area contributed by atoms with Crippen LogP contribution in [0.3, 0.4) is 0 Å². The third-order valence-electron chi connectivity index (χ3n) is 3.49. The van der Waals surface area contributed by atoms with Gasteiger partial charge >= 0.3 is 5.97 Å². The van der Waals surface area contributed by atoms with E-state index in [4.69, 9.17) is 0 Å². The van der Waals surface area contributed by atoms with E-state index < -0.39 is 5.97 Å². The van der Waals surface area contributed by atoms with Gasteiger partial charge in [0.05, 0.1) is 12.9 Å². The number of carbonyl (C=O) groups excluding carboxylic acids is 2. The second-order valence-corrected chi connectivity index (χ2v) is 6.23. The van der Waals surface area contributed by atoms with E-state index >= 15 is 0 Å². The number of hydrogen-bond donors (Lipinski definition) is 1. The van der Waals surface area contributed by atoms with Gasteiger partial charge in [0.1, 0.15) is 6.54 Å². The Morgan fingerprint density at radius 2 is 2.25 bits per heavy atom. The molecule has 3 rings (SSSR count). The lowest BCUT2D eigenvalue weighted by Gasteiger charge is -2.08. The first-order chi connectivity index (χ1) is 11.7. The largest absolute Gasteiger partial charge is 0.468 e. The molecule has 1 saturated carbocycles. The second-order valence-electron chi connectivity index (χ2n) is 5.29. The van der Waals surface area contributed by atoms with E-state index in [0.717, 1.165) is 24.2 Å². The van der Waals surface area contributed by atoms with Crippen LogP contribution in [0, 0.1) is 0 Å². The molecule has 24 heavy (non-hydrogen) atoms. The molecule has 0 aliphatic heterocycles. The van der Waals surface area contributed by atoms with E-state index in [1.54, 1.807) is 12.4 Å². The second kappa shape index (κ2) is 7.43. The first kappa shape index (κ1) is 16.4. The van der Waals surface area contributed by atoms with Gasteiger partial charge in [-0.1, -0.05) is 11.8 Å². The molecule has 1 aliphatic carbocycles. The number of nitrogens with one attached hydrogen (secondary N) is 1. The van der Waals surface area contributed by atoms with Crippen LogP contribution in [-0.2, 0) is 14.3 Å². The van der Waals surface area contributed by atoms with Gasteiger partial charge in [-0.05, 0) is 25.0 Å². The molecule has 2 aromatic heterocycles. The molecule has 2 heterocycles. The zero-order chi connectivity index (χ0) is 16.9. The topological polar surface area (TPSA) is 99.0 Å². The Labute approximate surface area is 143 Å². The Bertz CT molecular complexity index is 730. The van der Waals surface area contributed by atoms with Crippen LogP contribution in [0.5, 0.6) is 0 Å². The van der Waals surface area contributed by atoms with E-state index in [-0.39, 0.29) is 18.2 Å². The summed E-state index contributed by atoms with van der Waals surface area (Å²) in [6.45, 7) is -0.133.